The number of hydrogen-bond acceptors (Lipinski definition) is 5. The molecule has 1 unspecified atom stereocenters. The van der Waals surface area contributed by atoms with Crippen LogP contribution in [0.5, 0.6) is 0 Å². The van der Waals surface area contributed by atoms with E-state index in [9.17, 15) is 4.79 Å². The molecule has 0 fully saturated rings. The summed E-state index contributed by atoms with van der Waals surface area (Å²) in [6.07, 6.45) is 3.63. The van der Waals surface area contributed by atoms with Gasteiger partial charge in [-0.05, 0) is 14.1 Å². The van der Waals surface area contributed by atoms with Crippen molar-refractivity contribution < 1.29 is 36.5 Å². The second kappa shape index (κ2) is 12.5. The molecule has 1 heterocycles. The van der Waals surface area contributed by atoms with Crippen LogP contribution >= 0.6 is 0 Å². The number of likely N-dealkylation sites (N-methyl/N-ethyl adjacent to an activating group) is 1. The molecule has 11 nitrogen and oxygen atoms in total. The van der Waals surface area contributed by atoms with E-state index in [2.05, 4.69) is 9.97 Å². The maximum absolute atomic E-state index is 10.8. The Balaban J connectivity index is 0. The lowest BCUT2D eigenvalue weighted by atomic mass is 10.1. The number of aromatic nitrogens is 2. The topological polar surface area (TPSA) is 184 Å². The number of carbonyl (C=O) groups is 1. The molecular formula is C8H17N3O8S2. The zero-order valence-corrected chi connectivity index (χ0v) is 12.7. The van der Waals surface area contributed by atoms with Gasteiger partial charge < -0.3 is 10.1 Å². The number of nitrogens with one attached hydrogen (secondary N) is 1. The van der Waals surface area contributed by atoms with Crippen LogP contribution in [0.3, 0.4) is 0 Å². The third-order valence-corrected chi connectivity index (χ3v) is 1.88. The minimum Gasteiger partial charge on any atom is -0.480 e. The van der Waals surface area contributed by atoms with Crippen LogP contribution in [0.15, 0.2) is 12.5 Å². The van der Waals surface area contributed by atoms with E-state index in [0.29, 0.717) is 6.42 Å². The molecule has 0 spiro atoms. The van der Waals surface area contributed by atoms with Crippen molar-refractivity contribution in [2.75, 3.05) is 14.1 Å². The van der Waals surface area contributed by atoms with Crippen molar-refractivity contribution in [2.24, 2.45) is 0 Å². The van der Waals surface area contributed by atoms with Gasteiger partial charge in [-0.2, -0.15) is 8.42 Å². The molecular weight excluding hydrogens is 330 g/mol. The molecule has 21 heavy (non-hydrogen) atoms. The smallest absolute Gasteiger partial charge is 0.321 e. The van der Waals surface area contributed by atoms with Crippen molar-refractivity contribution in [1.29, 1.82) is 0 Å². The van der Waals surface area contributed by atoms with Crippen molar-refractivity contribution in [3.05, 3.63) is 18.2 Å². The summed E-state index contributed by atoms with van der Waals surface area (Å²) in [5.41, 5.74) is 0.834. The number of aliphatic carboxylic acids is 1. The lowest BCUT2D eigenvalue weighted by Crippen LogP contribution is -2.37. The molecule has 0 aliphatic heterocycles. The summed E-state index contributed by atoms with van der Waals surface area (Å²) in [6, 6.07) is -0.500. The maximum atomic E-state index is 10.8. The van der Waals surface area contributed by atoms with Gasteiger partial charge in [0.05, 0.1) is 6.33 Å². The van der Waals surface area contributed by atoms with E-state index >= 15 is 0 Å². The Kier molecular flexibility index (Phi) is 13.2. The first-order valence-electron chi connectivity index (χ1n) is 5.04. The minimum absolute atomic E-state index is 0.447. The van der Waals surface area contributed by atoms with Gasteiger partial charge in [-0.15, -0.1) is 0 Å². The van der Waals surface area contributed by atoms with Gasteiger partial charge in [0.25, 0.3) is 22.7 Å². The van der Waals surface area contributed by atoms with Gasteiger partial charge in [0.2, 0.25) is 0 Å². The number of carboxylic acid groups (broad SMARTS) is 1. The molecule has 0 saturated heterocycles. The number of nitrogens with zero attached hydrogens (tertiary/aromatic N) is 2. The molecule has 0 radical (unpaired) electrons. The molecule has 0 saturated carbocycles. The second-order valence-corrected chi connectivity index (χ2v) is 4.48. The Hall–Kier alpha value is -1.22. The molecule has 1 aromatic rings. The van der Waals surface area contributed by atoms with Gasteiger partial charge in [0.15, 0.2) is 0 Å². The Bertz CT molecular complexity index is 419. The van der Waals surface area contributed by atoms with Gasteiger partial charge in [-0.1, -0.05) is 0 Å². The van der Waals surface area contributed by atoms with Gasteiger partial charge >= 0.3 is 5.97 Å². The fourth-order valence-electron chi connectivity index (χ4n) is 1.10. The average Bonchev–Trinajstić information content (AvgIpc) is 2.75. The van der Waals surface area contributed by atoms with Crippen LogP contribution < -0.4 is 0 Å². The summed E-state index contributed by atoms with van der Waals surface area (Å²) in [5, 5.41) is 8.87. The molecule has 0 bridgehead atoms. The van der Waals surface area contributed by atoms with Crippen molar-refractivity contribution in [2.45, 2.75) is 12.5 Å². The zero-order chi connectivity index (χ0) is 17.0. The summed E-state index contributed by atoms with van der Waals surface area (Å²) in [7, 11) is 3.49. The van der Waals surface area contributed by atoms with Crippen LogP contribution in [0.4, 0.5) is 0 Å². The number of carboxylic acids is 1. The van der Waals surface area contributed by atoms with Crippen LogP contribution in [-0.2, 0) is 33.9 Å². The largest absolute Gasteiger partial charge is 0.480 e. The lowest BCUT2D eigenvalue weighted by molar-refractivity contribution is -0.142. The first-order valence-corrected chi connectivity index (χ1v) is 7.17. The standard InChI is InChI=1S/C8H13N3O2.2H2O3S/c1-11(2)7(8(12)13)3-6-4-9-5-10-6;2*1-4(2)3/h4-5,7H,3H2,1-2H3,(H,9,10)(H,12,13);2*(H2,1,2,3). The number of imidazole rings is 1. The third kappa shape index (κ3) is 16.7. The highest BCUT2D eigenvalue weighted by Crippen LogP contribution is 2.03. The van der Waals surface area contributed by atoms with E-state index in [-0.39, 0.29) is 0 Å². The number of hydrogen-bond donors (Lipinski definition) is 6. The highest BCUT2D eigenvalue weighted by Gasteiger charge is 2.20. The summed E-state index contributed by atoms with van der Waals surface area (Å²) < 4.78 is 45.7. The Labute approximate surface area is 125 Å². The van der Waals surface area contributed by atoms with Gasteiger partial charge in [-0.3, -0.25) is 27.9 Å². The minimum atomic E-state index is -2.61. The molecule has 0 aliphatic carbocycles. The molecule has 124 valence electrons. The highest BCUT2D eigenvalue weighted by atomic mass is 32.2. The quantitative estimate of drug-likeness (QED) is 0.382. The van der Waals surface area contributed by atoms with Crippen LogP contribution in [0, 0.1) is 0 Å². The van der Waals surface area contributed by atoms with Crippen molar-refractivity contribution >= 4 is 28.7 Å². The van der Waals surface area contributed by atoms with Crippen LogP contribution in [-0.4, -0.2) is 72.7 Å². The fourth-order valence-corrected chi connectivity index (χ4v) is 1.10. The van der Waals surface area contributed by atoms with Gasteiger partial charge in [0, 0.05) is 18.3 Å². The van der Waals surface area contributed by atoms with Crippen LogP contribution in [0.2, 0.25) is 0 Å². The van der Waals surface area contributed by atoms with E-state index in [4.69, 9.17) is 31.7 Å². The van der Waals surface area contributed by atoms with E-state index in [1.54, 1.807) is 31.5 Å². The van der Waals surface area contributed by atoms with Crippen molar-refractivity contribution in [3.63, 3.8) is 0 Å². The zero-order valence-electron chi connectivity index (χ0n) is 11.1. The molecule has 1 atom stereocenters. The summed E-state index contributed by atoms with van der Waals surface area (Å²) in [4.78, 5) is 19.2. The summed E-state index contributed by atoms with van der Waals surface area (Å²) in [6.45, 7) is 0. The molecule has 13 heteroatoms. The van der Waals surface area contributed by atoms with Crippen LogP contribution in [0.1, 0.15) is 5.69 Å². The van der Waals surface area contributed by atoms with Crippen molar-refractivity contribution in [3.8, 4) is 0 Å². The molecule has 1 aromatic heterocycles. The van der Waals surface area contributed by atoms with E-state index in [0.717, 1.165) is 5.69 Å². The first-order chi connectivity index (χ1) is 9.57. The number of H-pyrrole nitrogens is 1. The molecule has 0 aromatic carbocycles. The molecule has 0 amide bonds. The van der Waals surface area contributed by atoms with Gasteiger partial charge in [0.1, 0.15) is 6.04 Å². The SMILES string of the molecule is CN(C)C(Cc1cnc[nH]1)C(=O)O.O=S(O)O.O=S(O)O. The molecule has 6 N–H and O–H groups in total. The fraction of sp³-hybridized carbons (Fsp3) is 0.500. The third-order valence-electron chi connectivity index (χ3n) is 1.88. The second-order valence-electron chi connectivity index (χ2n) is 3.56. The van der Waals surface area contributed by atoms with E-state index in [1.807, 2.05) is 0 Å². The molecule has 1 rings (SSSR count). The van der Waals surface area contributed by atoms with E-state index in [1.165, 1.54) is 0 Å². The van der Waals surface area contributed by atoms with Crippen molar-refractivity contribution in [1.82, 2.24) is 14.9 Å². The number of aromatic amines is 1. The van der Waals surface area contributed by atoms with Crippen LogP contribution in [0.25, 0.3) is 0 Å². The molecule has 0 aliphatic rings. The number of rotatable bonds is 4. The Morgan fingerprint density at radius 2 is 1.71 bits per heavy atom. The van der Waals surface area contributed by atoms with Gasteiger partial charge in [-0.25, -0.2) is 4.98 Å². The summed E-state index contributed by atoms with van der Waals surface area (Å²) in [5.74, 6) is -0.820. The normalized spacial score (nSPS) is 11.5. The van der Waals surface area contributed by atoms with E-state index < -0.39 is 34.7 Å². The Morgan fingerprint density at radius 3 is 1.95 bits per heavy atom. The monoisotopic (exact) mass is 347 g/mol. The predicted octanol–water partition coefficient (Wildman–Crippen LogP) is -0.671. The lowest BCUT2D eigenvalue weighted by Gasteiger charge is -2.18. The predicted molar refractivity (Wildman–Crippen MR) is 74.2 cm³/mol. The summed E-state index contributed by atoms with van der Waals surface area (Å²) >= 11 is -5.22. The highest BCUT2D eigenvalue weighted by molar-refractivity contribution is 7.73. The average molecular weight is 347 g/mol. The Morgan fingerprint density at radius 1 is 1.29 bits per heavy atom. The first kappa shape index (κ1) is 22.1. The maximum Gasteiger partial charge on any atom is 0.321 e.